The number of hydrogen-bond donors (Lipinski definition) is 2. The van der Waals surface area contributed by atoms with E-state index in [1.165, 1.54) is 18.4 Å². The van der Waals surface area contributed by atoms with Crippen LogP contribution in [-0.4, -0.2) is 30.1 Å². The van der Waals surface area contributed by atoms with Gasteiger partial charge in [0.05, 0.1) is 18.9 Å². The Bertz CT molecular complexity index is 1010. The zero-order valence-electron chi connectivity index (χ0n) is 16.0. The molecule has 2 aliphatic rings. The summed E-state index contributed by atoms with van der Waals surface area (Å²) in [5.41, 5.74) is 1.88. The van der Waals surface area contributed by atoms with Crippen LogP contribution in [0.4, 0.5) is 5.00 Å². The molecule has 4 unspecified atom stereocenters. The van der Waals surface area contributed by atoms with Gasteiger partial charge in [-0.1, -0.05) is 42.5 Å². The van der Waals surface area contributed by atoms with Gasteiger partial charge < -0.3 is 15.2 Å². The molecule has 4 atom stereocenters. The molecule has 1 saturated carbocycles. The summed E-state index contributed by atoms with van der Waals surface area (Å²) in [6.07, 6.45) is 4.51. The number of methoxy groups -OCH3 is 1. The van der Waals surface area contributed by atoms with Crippen LogP contribution in [0.25, 0.3) is 11.1 Å². The van der Waals surface area contributed by atoms with Crippen LogP contribution in [0.3, 0.4) is 0 Å². The molecule has 29 heavy (non-hydrogen) atoms. The lowest BCUT2D eigenvalue weighted by molar-refractivity contribution is -0.146. The number of thiophene rings is 1. The van der Waals surface area contributed by atoms with Crippen LogP contribution in [0.1, 0.15) is 21.7 Å². The van der Waals surface area contributed by atoms with E-state index < -0.39 is 23.8 Å². The number of allylic oxidation sites excluding steroid dienone is 2. The minimum atomic E-state index is -0.956. The number of carbonyl (C=O) groups excluding carboxylic acids is 2. The highest BCUT2D eigenvalue weighted by molar-refractivity contribution is 7.17. The van der Waals surface area contributed by atoms with Crippen LogP contribution in [0.5, 0.6) is 0 Å². The van der Waals surface area contributed by atoms with Crippen LogP contribution in [0, 0.1) is 30.6 Å². The Balaban J connectivity index is 1.71. The van der Waals surface area contributed by atoms with E-state index in [9.17, 15) is 19.5 Å². The Morgan fingerprint density at radius 2 is 1.76 bits per heavy atom. The molecule has 1 aromatic carbocycles. The third-order valence-electron chi connectivity index (χ3n) is 5.82. The van der Waals surface area contributed by atoms with Gasteiger partial charge in [-0.25, -0.2) is 4.79 Å². The summed E-state index contributed by atoms with van der Waals surface area (Å²) in [5.74, 6) is -3.43. The van der Waals surface area contributed by atoms with Crippen LogP contribution in [0.15, 0.2) is 42.5 Å². The van der Waals surface area contributed by atoms with Gasteiger partial charge in [0, 0.05) is 10.4 Å². The van der Waals surface area contributed by atoms with Gasteiger partial charge in [-0.05, 0) is 30.7 Å². The lowest BCUT2D eigenvalue weighted by Crippen LogP contribution is -2.36. The van der Waals surface area contributed by atoms with Crippen molar-refractivity contribution in [2.45, 2.75) is 13.3 Å². The van der Waals surface area contributed by atoms with E-state index >= 15 is 0 Å². The fourth-order valence-corrected chi connectivity index (χ4v) is 5.66. The number of aryl methyl sites for hydroxylation is 1. The van der Waals surface area contributed by atoms with Crippen LogP contribution < -0.4 is 5.32 Å². The van der Waals surface area contributed by atoms with Crippen molar-refractivity contribution >= 4 is 34.2 Å². The van der Waals surface area contributed by atoms with Crippen molar-refractivity contribution in [3.63, 3.8) is 0 Å². The topological polar surface area (TPSA) is 92.7 Å². The Labute approximate surface area is 172 Å². The number of aliphatic carboxylic acids is 1. The Morgan fingerprint density at radius 1 is 1.10 bits per heavy atom. The molecule has 1 amide bonds. The number of carboxylic acids is 1. The van der Waals surface area contributed by atoms with Gasteiger partial charge in [0.15, 0.2) is 0 Å². The van der Waals surface area contributed by atoms with Crippen molar-refractivity contribution in [3.05, 3.63) is 52.9 Å². The number of nitrogens with one attached hydrogen (secondary N) is 1. The van der Waals surface area contributed by atoms with Gasteiger partial charge in [-0.15, -0.1) is 11.3 Å². The SMILES string of the molecule is COC(=O)c1c(NC(=O)C2C3C=CC(C3)C2C(=O)O)sc(C)c1-c1ccccc1. The molecule has 0 spiro atoms. The van der Waals surface area contributed by atoms with Crippen LogP contribution in [0.2, 0.25) is 0 Å². The monoisotopic (exact) mass is 411 g/mol. The van der Waals surface area contributed by atoms with E-state index in [0.717, 1.165) is 16.0 Å². The number of hydrogen-bond acceptors (Lipinski definition) is 5. The quantitative estimate of drug-likeness (QED) is 0.574. The van der Waals surface area contributed by atoms with E-state index in [0.29, 0.717) is 17.0 Å². The molecule has 0 saturated heterocycles. The van der Waals surface area contributed by atoms with Gasteiger partial charge in [-0.3, -0.25) is 9.59 Å². The summed E-state index contributed by atoms with van der Waals surface area (Å²) in [5, 5.41) is 12.9. The maximum atomic E-state index is 13.1. The second-order valence-electron chi connectivity index (χ2n) is 7.42. The lowest BCUT2D eigenvalue weighted by Gasteiger charge is -2.23. The molecule has 2 bridgehead atoms. The number of carboxylic acid groups (broad SMARTS) is 1. The van der Waals surface area contributed by atoms with E-state index in [-0.39, 0.29) is 17.7 Å². The summed E-state index contributed by atoms with van der Waals surface area (Å²) in [4.78, 5) is 38.3. The zero-order chi connectivity index (χ0) is 20.7. The van der Waals surface area contributed by atoms with Crippen molar-refractivity contribution in [1.29, 1.82) is 0 Å². The highest BCUT2D eigenvalue weighted by Gasteiger charge is 2.51. The normalized spacial score (nSPS) is 24.5. The number of benzene rings is 1. The van der Waals surface area contributed by atoms with Crippen molar-refractivity contribution < 1.29 is 24.2 Å². The van der Waals surface area contributed by atoms with E-state index in [1.54, 1.807) is 0 Å². The van der Waals surface area contributed by atoms with Crippen molar-refractivity contribution in [1.82, 2.24) is 0 Å². The second kappa shape index (κ2) is 7.48. The smallest absolute Gasteiger partial charge is 0.341 e. The maximum absolute atomic E-state index is 13.1. The Morgan fingerprint density at radius 3 is 2.38 bits per heavy atom. The molecule has 6 nitrogen and oxygen atoms in total. The second-order valence-corrected chi connectivity index (χ2v) is 8.65. The Hall–Kier alpha value is -2.93. The Kier molecular flexibility index (Phi) is 5.00. The van der Waals surface area contributed by atoms with Gasteiger partial charge in [0.25, 0.3) is 0 Å². The highest BCUT2D eigenvalue weighted by atomic mass is 32.1. The molecule has 1 heterocycles. The lowest BCUT2D eigenvalue weighted by atomic mass is 9.82. The largest absolute Gasteiger partial charge is 0.481 e. The molecule has 2 aromatic rings. The minimum absolute atomic E-state index is 0.0858. The number of esters is 1. The van der Waals surface area contributed by atoms with Gasteiger partial charge in [0.1, 0.15) is 10.6 Å². The molecular weight excluding hydrogens is 390 g/mol. The summed E-state index contributed by atoms with van der Waals surface area (Å²) in [6.45, 7) is 1.88. The van der Waals surface area contributed by atoms with E-state index in [1.807, 2.05) is 49.4 Å². The summed E-state index contributed by atoms with van der Waals surface area (Å²) in [7, 11) is 1.30. The molecule has 0 radical (unpaired) electrons. The van der Waals surface area contributed by atoms with Gasteiger partial charge in [-0.2, -0.15) is 0 Å². The fraction of sp³-hybridized carbons (Fsp3) is 0.318. The predicted molar refractivity (Wildman–Crippen MR) is 110 cm³/mol. The third kappa shape index (κ3) is 3.25. The number of fused-ring (bicyclic) bond motifs is 2. The van der Waals surface area contributed by atoms with Crippen LogP contribution >= 0.6 is 11.3 Å². The van der Waals surface area contributed by atoms with Gasteiger partial charge in [0.2, 0.25) is 5.91 Å². The predicted octanol–water partition coefficient (Wildman–Crippen LogP) is 3.97. The third-order valence-corrected chi connectivity index (χ3v) is 6.84. The summed E-state index contributed by atoms with van der Waals surface area (Å²) in [6, 6.07) is 9.44. The number of amides is 1. The first kappa shape index (κ1) is 19.4. The standard InChI is InChI=1S/C22H21NO5S/c1-11-15(12-6-4-3-5-7-12)18(22(27)28-2)20(29-11)23-19(24)16-13-8-9-14(10-13)17(16)21(25)26/h3-9,13-14,16-17H,10H2,1-2H3,(H,23,24)(H,25,26). The molecule has 2 N–H and O–H groups in total. The molecule has 0 aliphatic heterocycles. The van der Waals surface area contributed by atoms with Crippen molar-refractivity contribution in [2.75, 3.05) is 12.4 Å². The van der Waals surface area contributed by atoms with Crippen molar-refractivity contribution in [2.24, 2.45) is 23.7 Å². The first-order valence-electron chi connectivity index (χ1n) is 9.41. The average molecular weight is 411 g/mol. The van der Waals surface area contributed by atoms with E-state index in [4.69, 9.17) is 4.74 Å². The highest BCUT2D eigenvalue weighted by Crippen LogP contribution is 2.49. The summed E-state index contributed by atoms with van der Waals surface area (Å²) >= 11 is 1.30. The molecule has 7 heteroatoms. The zero-order valence-corrected chi connectivity index (χ0v) is 16.9. The molecular formula is C22H21NO5S. The molecule has 4 rings (SSSR count). The maximum Gasteiger partial charge on any atom is 0.341 e. The first-order chi connectivity index (χ1) is 13.9. The molecule has 1 aromatic heterocycles. The number of rotatable bonds is 5. The number of ether oxygens (including phenoxy) is 1. The number of carbonyl (C=O) groups is 3. The minimum Gasteiger partial charge on any atom is -0.481 e. The molecule has 150 valence electrons. The van der Waals surface area contributed by atoms with Crippen molar-refractivity contribution in [3.8, 4) is 11.1 Å². The average Bonchev–Trinajstić information content (AvgIpc) is 3.40. The van der Waals surface area contributed by atoms with E-state index in [2.05, 4.69) is 5.32 Å². The molecule has 1 fully saturated rings. The first-order valence-corrected chi connectivity index (χ1v) is 10.2. The molecule has 2 aliphatic carbocycles. The van der Waals surface area contributed by atoms with Crippen LogP contribution in [-0.2, 0) is 14.3 Å². The number of anilines is 1. The van der Waals surface area contributed by atoms with Gasteiger partial charge >= 0.3 is 11.9 Å². The summed E-state index contributed by atoms with van der Waals surface area (Å²) < 4.78 is 4.98. The fourth-order valence-electron chi connectivity index (χ4n) is 4.59.